The van der Waals surface area contributed by atoms with Crippen LogP contribution in [-0.2, 0) is 0 Å². The van der Waals surface area contributed by atoms with Crippen LogP contribution in [0.25, 0.3) is 5.69 Å². The molecule has 7 nitrogen and oxygen atoms in total. The van der Waals surface area contributed by atoms with E-state index in [1.165, 1.54) is 6.20 Å². The number of nitrogens with zero attached hydrogens (tertiary/aromatic N) is 6. The Morgan fingerprint density at radius 2 is 2.13 bits per heavy atom. The Morgan fingerprint density at radius 3 is 2.87 bits per heavy atom. The van der Waals surface area contributed by atoms with E-state index in [-0.39, 0.29) is 16.8 Å². The van der Waals surface area contributed by atoms with E-state index in [2.05, 4.69) is 20.2 Å². The molecule has 4 rings (SSSR count). The first kappa shape index (κ1) is 20.2. The van der Waals surface area contributed by atoms with Crippen molar-refractivity contribution in [2.45, 2.75) is 18.9 Å². The van der Waals surface area contributed by atoms with Crippen molar-refractivity contribution in [3.63, 3.8) is 0 Å². The van der Waals surface area contributed by atoms with Gasteiger partial charge in [0.05, 0.1) is 11.9 Å². The van der Waals surface area contributed by atoms with E-state index >= 15 is 0 Å². The average molecular weight is 433 g/mol. The fraction of sp³-hybridized carbons (Fsp3) is 0.300. The first-order valence-electron chi connectivity index (χ1n) is 9.44. The quantitative estimate of drug-likeness (QED) is 0.617. The van der Waals surface area contributed by atoms with Gasteiger partial charge >= 0.3 is 0 Å². The third kappa shape index (κ3) is 3.85. The number of anilines is 2. The number of likely N-dealkylation sites (N-methyl/N-ethyl adjacent to an activating group) is 1. The van der Waals surface area contributed by atoms with Gasteiger partial charge in [0.2, 0.25) is 0 Å². The van der Waals surface area contributed by atoms with Crippen LogP contribution in [0.4, 0.5) is 20.3 Å². The number of hydrogen-bond acceptors (Lipinski definition) is 6. The van der Waals surface area contributed by atoms with Gasteiger partial charge in [-0.25, -0.2) is 8.78 Å². The first-order chi connectivity index (χ1) is 14.5. The molecule has 1 aliphatic heterocycles. The summed E-state index contributed by atoms with van der Waals surface area (Å²) < 4.78 is 28.1. The van der Waals surface area contributed by atoms with Crippen LogP contribution in [-0.4, -0.2) is 46.2 Å². The lowest BCUT2D eigenvalue weighted by atomic mass is 10.2. The Kier molecular flexibility index (Phi) is 5.63. The minimum absolute atomic E-state index is 0.0831. The molecule has 3 aromatic rings. The number of rotatable bonds is 5. The molecule has 0 bridgehead atoms. The maximum absolute atomic E-state index is 14.1. The smallest absolute Gasteiger partial charge is 0.292 e. The number of aromatic nitrogens is 4. The van der Waals surface area contributed by atoms with Crippen LogP contribution < -0.4 is 15.4 Å². The Balaban J connectivity index is 1.58. The highest BCUT2D eigenvalue weighted by atomic mass is 35.5. The van der Waals surface area contributed by atoms with E-state index < -0.39 is 17.2 Å². The average Bonchev–Trinajstić information content (AvgIpc) is 3.19. The van der Waals surface area contributed by atoms with Gasteiger partial charge < -0.3 is 9.80 Å². The molecule has 30 heavy (non-hydrogen) atoms. The predicted molar refractivity (Wildman–Crippen MR) is 110 cm³/mol. The highest BCUT2D eigenvalue weighted by molar-refractivity contribution is 6.33. The summed E-state index contributed by atoms with van der Waals surface area (Å²) in [5, 5.41) is 12.1. The van der Waals surface area contributed by atoms with E-state index in [9.17, 15) is 13.6 Å². The fourth-order valence-corrected chi connectivity index (χ4v) is 3.98. The third-order valence-corrected chi connectivity index (χ3v) is 5.52. The van der Waals surface area contributed by atoms with Crippen LogP contribution in [0, 0.1) is 11.6 Å². The second-order valence-corrected chi connectivity index (χ2v) is 7.49. The number of benzene rings is 1. The van der Waals surface area contributed by atoms with Crippen molar-refractivity contribution in [1.82, 2.24) is 20.0 Å². The molecule has 3 heterocycles. The molecule has 0 amide bonds. The minimum atomic E-state index is -0.896. The molecule has 0 radical (unpaired) electrons. The van der Waals surface area contributed by atoms with Gasteiger partial charge in [0.1, 0.15) is 16.5 Å². The standard InChI is InChI=1S/C20H19ClF2N6O/c1-27(12-14-4-3-9-28(14)18-5-2-8-24-26-18)17-11-25-29(20(30)19(17)21)16-7-6-13(22)10-15(16)23/h2,5-8,10-11,14H,3-4,9,12H2,1H3. The van der Waals surface area contributed by atoms with E-state index in [0.29, 0.717) is 18.3 Å². The molecule has 0 spiro atoms. The molecule has 1 atom stereocenters. The summed E-state index contributed by atoms with van der Waals surface area (Å²) >= 11 is 6.32. The lowest BCUT2D eigenvalue weighted by Gasteiger charge is -2.30. The van der Waals surface area contributed by atoms with Crippen molar-refractivity contribution in [3.05, 3.63) is 69.7 Å². The molecule has 10 heteroatoms. The zero-order valence-corrected chi connectivity index (χ0v) is 16.9. The van der Waals surface area contributed by atoms with Crippen LogP contribution in [0.15, 0.2) is 47.5 Å². The van der Waals surface area contributed by atoms with Gasteiger partial charge in [-0.15, -0.1) is 5.10 Å². The lowest BCUT2D eigenvalue weighted by molar-refractivity contribution is 0.570. The SMILES string of the molecule is CN(CC1CCCN1c1cccnn1)c1cnn(-c2ccc(F)cc2F)c(=O)c1Cl. The molecule has 1 fully saturated rings. The van der Waals surface area contributed by atoms with Gasteiger partial charge in [0, 0.05) is 38.4 Å². The maximum Gasteiger partial charge on any atom is 0.292 e. The lowest BCUT2D eigenvalue weighted by Crippen LogP contribution is -2.40. The number of halogens is 3. The predicted octanol–water partition coefficient (Wildman–Crippen LogP) is 3.06. The van der Waals surface area contributed by atoms with Crippen LogP contribution in [0.5, 0.6) is 0 Å². The number of hydrogen-bond donors (Lipinski definition) is 0. The highest BCUT2D eigenvalue weighted by Crippen LogP contribution is 2.27. The van der Waals surface area contributed by atoms with Crippen molar-refractivity contribution >= 4 is 23.1 Å². The molecule has 156 valence electrons. The molecule has 0 saturated carbocycles. The zero-order chi connectivity index (χ0) is 21.3. The van der Waals surface area contributed by atoms with E-state index in [0.717, 1.165) is 42.0 Å². The van der Waals surface area contributed by atoms with Crippen LogP contribution in [0.2, 0.25) is 5.02 Å². The van der Waals surface area contributed by atoms with Gasteiger partial charge in [-0.2, -0.15) is 14.9 Å². The fourth-order valence-electron chi connectivity index (χ4n) is 3.70. The molecule has 1 unspecified atom stereocenters. The maximum atomic E-state index is 14.1. The largest absolute Gasteiger partial charge is 0.370 e. The Hall–Kier alpha value is -3.07. The summed E-state index contributed by atoms with van der Waals surface area (Å²) in [6, 6.07) is 6.82. The second kappa shape index (κ2) is 8.35. The molecule has 2 aromatic heterocycles. The van der Waals surface area contributed by atoms with Crippen molar-refractivity contribution in [2.75, 3.05) is 29.9 Å². The monoisotopic (exact) mass is 432 g/mol. The Bertz CT molecular complexity index is 1110. The highest BCUT2D eigenvalue weighted by Gasteiger charge is 2.28. The van der Waals surface area contributed by atoms with Gasteiger partial charge in [-0.05, 0) is 37.1 Å². The molecule has 1 saturated heterocycles. The third-order valence-electron chi connectivity index (χ3n) is 5.16. The van der Waals surface area contributed by atoms with Crippen LogP contribution in [0.1, 0.15) is 12.8 Å². The normalized spacial score (nSPS) is 16.1. The Labute approximate surface area is 176 Å². The minimum Gasteiger partial charge on any atom is -0.370 e. The van der Waals surface area contributed by atoms with E-state index in [1.54, 1.807) is 6.20 Å². The molecule has 0 aliphatic carbocycles. The summed E-state index contributed by atoms with van der Waals surface area (Å²) in [6.07, 6.45) is 5.02. The summed E-state index contributed by atoms with van der Waals surface area (Å²) in [6.45, 7) is 1.46. The Morgan fingerprint density at radius 1 is 1.30 bits per heavy atom. The van der Waals surface area contributed by atoms with E-state index in [1.807, 2.05) is 24.1 Å². The van der Waals surface area contributed by atoms with Gasteiger partial charge in [-0.3, -0.25) is 4.79 Å². The van der Waals surface area contributed by atoms with Crippen molar-refractivity contribution in [3.8, 4) is 5.69 Å². The molecular formula is C20H19ClF2N6O. The van der Waals surface area contributed by atoms with Gasteiger partial charge in [0.15, 0.2) is 11.6 Å². The molecule has 1 aliphatic rings. The van der Waals surface area contributed by atoms with Crippen LogP contribution in [0.3, 0.4) is 0 Å². The molecule has 1 aromatic carbocycles. The van der Waals surface area contributed by atoms with Gasteiger partial charge in [0.25, 0.3) is 5.56 Å². The van der Waals surface area contributed by atoms with E-state index in [4.69, 9.17) is 11.6 Å². The van der Waals surface area contributed by atoms with Gasteiger partial charge in [-0.1, -0.05) is 11.6 Å². The topological polar surface area (TPSA) is 67.2 Å². The summed E-state index contributed by atoms with van der Waals surface area (Å²) in [5.41, 5.74) is -0.405. The molecular weight excluding hydrogens is 414 g/mol. The summed E-state index contributed by atoms with van der Waals surface area (Å²) in [7, 11) is 1.82. The van der Waals surface area contributed by atoms with Crippen molar-refractivity contribution in [2.24, 2.45) is 0 Å². The first-order valence-corrected chi connectivity index (χ1v) is 9.82. The zero-order valence-electron chi connectivity index (χ0n) is 16.2. The second-order valence-electron chi connectivity index (χ2n) is 7.11. The van der Waals surface area contributed by atoms with Crippen molar-refractivity contribution in [1.29, 1.82) is 0 Å². The summed E-state index contributed by atoms with van der Waals surface area (Å²) in [4.78, 5) is 16.7. The van der Waals surface area contributed by atoms with Crippen molar-refractivity contribution < 1.29 is 8.78 Å². The summed E-state index contributed by atoms with van der Waals surface area (Å²) in [5.74, 6) is -0.830. The van der Waals surface area contributed by atoms with Crippen LogP contribution >= 0.6 is 11.6 Å². The molecule has 0 N–H and O–H groups in total.